The molecule has 2 aromatic rings. The molecule has 5 heteroatoms. The van der Waals surface area contributed by atoms with E-state index in [2.05, 4.69) is 42.3 Å². The van der Waals surface area contributed by atoms with E-state index in [4.69, 9.17) is 4.98 Å². The Morgan fingerprint density at radius 3 is 2.59 bits per heavy atom. The van der Waals surface area contributed by atoms with Crippen molar-refractivity contribution < 1.29 is 4.79 Å². The zero-order chi connectivity index (χ0) is 18.9. The summed E-state index contributed by atoms with van der Waals surface area (Å²) in [5.41, 5.74) is 1.19. The molecule has 0 bridgehead atoms. The van der Waals surface area contributed by atoms with Crippen LogP contribution >= 0.6 is 11.3 Å². The summed E-state index contributed by atoms with van der Waals surface area (Å²) in [5, 5.41) is 4.61. The number of aromatic nitrogens is 1. The molecule has 2 aliphatic heterocycles. The summed E-state index contributed by atoms with van der Waals surface area (Å²) in [7, 11) is 0. The first-order valence-electron chi connectivity index (χ1n) is 10.4. The van der Waals surface area contributed by atoms with Crippen molar-refractivity contribution in [2.45, 2.75) is 52.4 Å². The van der Waals surface area contributed by atoms with Gasteiger partial charge in [0, 0.05) is 26.1 Å². The van der Waals surface area contributed by atoms with Gasteiger partial charge in [0.2, 0.25) is 5.91 Å². The maximum Gasteiger partial charge on any atom is 0.229 e. The van der Waals surface area contributed by atoms with Gasteiger partial charge in [-0.3, -0.25) is 4.79 Å². The Labute approximate surface area is 166 Å². The first-order chi connectivity index (χ1) is 13.1. The van der Waals surface area contributed by atoms with Crippen LogP contribution in [0.2, 0.25) is 0 Å². The minimum absolute atomic E-state index is 0.313. The van der Waals surface area contributed by atoms with E-state index in [1.165, 1.54) is 11.1 Å². The molecule has 0 saturated carbocycles. The van der Waals surface area contributed by atoms with Crippen LogP contribution in [-0.2, 0) is 11.2 Å². The Bertz CT molecular complexity index is 762. The number of nitrogens with one attached hydrogen (secondary N) is 1. The van der Waals surface area contributed by atoms with Gasteiger partial charge >= 0.3 is 0 Å². The van der Waals surface area contributed by atoms with E-state index in [1.807, 2.05) is 6.07 Å². The van der Waals surface area contributed by atoms with Crippen molar-refractivity contribution in [3.8, 4) is 0 Å². The van der Waals surface area contributed by atoms with Crippen LogP contribution in [-0.4, -0.2) is 42.0 Å². The molecule has 3 heterocycles. The number of rotatable bonds is 5. The lowest BCUT2D eigenvalue weighted by atomic mass is 9.74. The number of benzene rings is 1. The molecule has 1 amide bonds. The molecule has 2 aliphatic rings. The summed E-state index contributed by atoms with van der Waals surface area (Å²) in [6.07, 6.45) is 6.09. The van der Waals surface area contributed by atoms with Crippen LogP contribution in [0.1, 0.15) is 51.0 Å². The number of para-hydroxylation sites is 1. The van der Waals surface area contributed by atoms with E-state index in [0.29, 0.717) is 11.3 Å². The van der Waals surface area contributed by atoms with Gasteiger partial charge in [-0.25, -0.2) is 4.98 Å². The van der Waals surface area contributed by atoms with E-state index in [0.717, 1.165) is 68.8 Å². The third kappa shape index (κ3) is 3.52. The van der Waals surface area contributed by atoms with E-state index < -0.39 is 0 Å². The second kappa shape index (κ2) is 7.51. The van der Waals surface area contributed by atoms with Gasteiger partial charge in [-0.2, -0.15) is 0 Å². The molecule has 1 aromatic carbocycles. The number of piperidine rings is 1. The molecule has 1 spiro atoms. The van der Waals surface area contributed by atoms with Gasteiger partial charge in [-0.15, -0.1) is 11.3 Å². The second-order valence-electron chi connectivity index (χ2n) is 8.46. The quantitative estimate of drug-likeness (QED) is 0.837. The molecule has 0 atom stereocenters. The summed E-state index contributed by atoms with van der Waals surface area (Å²) in [6, 6.07) is 8.28. The number of nitrogens with zero attached hydrogens (tertiary/aromatic N) is 2. The fraction of sp³-hybridized carbons (Fsp3) is 0.636. The summed E-state index contributed by atoms with van der Waals surface area (Å²) in [5.74, 6) is 0.354. The van der Waals surface area contributed by atoms with E-state index >= 15 is 0 Å². The minimum Gasteiger partial charge on any atom is -0.342 e. The van der Waals surface area contributed by atoms with Gasteiger partial charge in [0.05, 0.1) is 20.6 Å². The predicted octanol–water partition coefficient (Wildman–Crippen LogP) is 4.25. The molecule has 4 rings (SSSR count). The normalized spacial score (nSPS) is 19.9. The third-order valence-corrected chi connectivity index (χ3v) is 8.11. The molecule has 0 aliphatic carbocycles. The monoisotopic (exact) mass is 385 g/mol. The average Bonchev–Trinajstić information content (AvgIpc) is 3.33. The lowest BCUT2D eigenvalue weighted by molar-refractivity contribution is -0.145. The molecule has 1 N–H and O–H groups in total. The average molecular weight is 386 g/mol. The van der Waals surface area contributed by atoms with Crippen LogP contribution in [0.5, 0.6) is 0 Å². The highest BCUT2D eigenvalue weighted by Gasteiger charge is 2.43. The number of carbonyl (C=O) groups excluding carboxylic acids is 1. The third-order valence-electron chi connectivity index (χ3n) is 7.08. The molecule has 0 unspecified atom stereocenters. The highest BCUT2D eigenvalue weighted by atomic mass is 32.1. The zero-order valence-corrected chi connectivity index (χ0v) is 17.4. The van der Waals surface area contributed by atoms with Crippen LogP contribution in [0.4, 0.5) is 0 Å². The Kier molecular flexibility index (Phi) is 5.26. The molecule has 146 valence electrons. The van der Waals surface area contributed by atoms with Gasteiger partial charge in [-0.1, -0.05) is 26.0 Å². The minimum atomic E-state index is -0.313. The number of likely N-dealkylation sites (tertiary alicyclic amines) is 1. The molecule has 2 fully saturated rings. The molecule has 4 nitrogen and oxygen atoms in total. The smallest absolute Gasteiger partial charge is 0.229 e. The summed E-state index contributed by atoms with van der Waals surface area (Å²) in [4.78, 5) is 20.6. The highest BCUT2D eigenvalue weighted by molar-refractivity contribution is 7.18. The molecular formula is C22H31N3OS. The number of fused-ring (bicyclic) bond motifs is 1. The van der Waals surface area contributed by atoms with Crippen molar-refractivity contribution in [1.82, 2.24) is 15.2 Å². The Morgan fingerprint density at radius 1 is 1.22 bits per heavy atom. The number of hydrogen-bond acceptors (Lipinski definition) is 4. The Morgan fingerprint density at radius 2 is 1.96 bits per heavy atom. The maximum atomic E-state index is 13.6. The van der Waals surface area contributed by atoms with Crippen LogP contribution in [0, 0.1) is 10.8 Å². The van der Waals surface area contributed by atoms with Crippen molar-refractivity contribution in [2.24, 2.45) is 10.8 Å². The van der Waals surface area contributed by atoms with Gasteiger partial charge in [-0.05, 0) is 56.2 Å². The van der Waals surface area contributed by atoms with Gasteiger partial charge < -0.3 is 10.2 Å². The van der Waals surface area contributed by atoms with Crippen molar-refractivity contribution in [3.63, 3.8) is 0 Å². The highest BCUT2D eigenvalue weighted by Crippen LogP contribution is 2.40. The van der Waals surface area contributed by atoms with Gasteiger partial charge in [0.15, 0.2) is 0 Å². The van der Waals surface area contributed by atoms with Crippen LogP contribution < -0.4 is 5.32 Å². The summed E-state index contributed by atoms with van der Waals surface area (Å²) in [6.45, 7) is 8.44. The zero-order valence-electron chi connectivity index (χ0n) is 16.6. The number of amides is 1. The number of carbonyl (C=O) groups is 1. The Balaban J connectivity index is 1.51. The number of thiazole rings is 1. The summed E-state index contributed by atoms with van der Waals surface area (Å²) >= 11 is 1.74. The molecule has 0 radical (unpaired) electrons. The van der Waals surface area contributed by atoms with Crippen molar-refractivity contribution in [1.29, 1.82) is 0 Å². The van der Waals surface area contributed by atoms with Crippen molar-refractivity contribution in [2.75, 3.05) is 26.2 Å². The van der Waals surface area contributed by atoms with Crippen LogP contribution in [0.3, 0.4) is 0 Å². The maximum absolute atomic E-state index is 13.6. The van der Waals surface area contributed by atoms with E-state index in [9.17, 15) is 4.79 Å². The first-order valence-corrected chi connectivity index (χ1v) is 11.3. The van der Waals surface area contributed by atoms with E-state index in [1.54, 1.807) is 11.3 Å². The van der Waals surface area contributed by atoms with Gasteiger partial charge in [0.1, 0.15) is 0 Å². The summed E-state index contributed by atoms with van der Waals surface area (Å²) < 4.78 is 1.22. The lowest BCUT2D eigenvalue weighted by Crippen LogP contribution is -2.50. The van der Waals surface area contributed by atoms with Crippen LogP contribution in [0.15, 0.2) is 24.3 Å². The Hall–Kier alpha value is -1.46. The fourth-order valence-electron chi connectivity index (χ4n) is 4.90. The second-order valence-corrected chi connectivity index (χ2v) is 9.57. The topological polar surface area (TPSA) is 45.2 Å². The van der Waals surface area contributed by atoms with E-state index in [-0.39, 0.29) is 5.41 Å². The standard InChI is InChI=1S/C22H31N3OS/c1-3-22(4-2,15-19-24-17-7-5-6-8-18(17)27-19)20(26)25-13-10-21(11-14-25)9-12-23-16-21/h5-8,23H,3-4,9-16H2,1-2H3. The predicted molar refractivity (Wildman–Crippen MR) is 112 cm³/mol. The molecule has 1 aromatic heterocycles. The van der Waals surface area contributed by atoms with Crippen molar-refractivity contribution in [3.05, 3.63) is 29.3 Å². The molecule has 27 heavy (non-hydrogen) atoms. The van der Waals surface area contributed by atoms with Crippen LogP contribution in [0.25, 0.3) is 10.2 Å². The lowest BCUT2D eigenvalue weighted by Gasteiger charge is -2.43. The molecule has 2 saturated heterocycles. The fourth-order valence-corrected chi connectivity index (χ4v) is 6.02. The largest absolute Gasteiger partial charge is 0.342 e. The SMILES string of the molecule is CCC(CC)(Cc1nc2ccccc2s1)C(=O)N1CCC2(CCNC2)CC1. The van der Waals surface area contributed by atoms with Gasteiger partial charge in [0.25, 0.3) is 0 Å². The van der Waals surface area contributed by atoms with Crippen molar-refractivity contribution >= 4 is 27.5 Å². The first kappa shape index (κ1) is 18.9. The molecular weight excluding hydrogens is 354 g/mol. The number of hydrogen-bond donors (Lipinski definition) is 1.